The molecule has 3 rings (SSSR count). The number of esters is 1. The van der Waals surface area contributed by atoms with E-state index in [9.17, 15) is 23.2 Å². The number of carbonyl (C=O) groups is 3. The number of likely N-dealkylation sites (tertiary alicyclic amines) is 1. The lowest BCUT2D eigenvalue weighted by atomic mass is 10.0. The quantitative estimate of drug-likeness (QED) is 0.581. The molecule has 0 aromatic heterocycles. The predicted octanol–water partition coefficient (Wildman–Crippen LogP) is 2.54. The summed E-state index contributed by atoms with van der Waals surface area (Å²) in [5.74, 6) is -3.52. The summed E-state index contributed by atoms with van der Waals surface area (Å²) in [5.41, 5.74) is 5.84. The van der Waals surface area contributed by atoms with Crippen LogP contribution >= 0.6 is 0 Å². The lowest BCUT2D eigenvalue weighted by Crippen LogP contribution is -2.30. The summed E-state index contributed by atoms with van der Waals surface area (Å²) in [5, 5.41) is 0. The van der Waals surface area contributed by atoms with E-state index in [2.05, 4.69) is 0 Å². The first-order valence-electron chi connectivity index (χ1n) is 9.29. The number of primary amides is 1. The Hall–Kier alpha value is -3.55. The summed E-state index contributed by atoms with van der Waals surface area (Å²) >= 11 is 0. The van der Waals surface area contributed by atoms with Gasteiger partial charge in [-0.1, -0.05) is 18.2 Å². The first kappa shape index (κ1) is 21.2. The van der Waals surface area contributed by atoms with Crippen molar-refractivity contribution in [3.05, 3.63) is 77.4 Å². The van der Waals surface area contributed by atoms with Gasteiger partial charge in [0.2, 0.25) is 11.8 Å². The van der Waals surface area contributed by atoms with E-state index in [4.69, 9.17) is 10.5 Å². The molecule has 1 heterocycles. The van der Waals surface area contributed by atoms with E-state index in [1.807, 2.05) is 0 Å². The minimum Gasteiger partial charge on any atom is -0.457 e. The Kier molecular flexibility index (Phi) is 6.56. The van der Waals surface area contributed by atoms with Crippen LogP contribution in [0.15, 0.2) is 54.6 Å². The molecule has 1 fully saturated rings. The Morgan fingerprint density at radius 3 is 2.37 bits per heavy atom. The zero-order chi connectivity index (χ0) is 21.7. The van der Waals surface area contributed by atoms with Crippen LogP contribution in [0.4, 0.5) is 8.78 Å². The molecular weight excluding hydrogens is 394 g/mol. The molecule has 0 aliphatic carbocycles. The molecule has 30 heavy (non-hydrogen) atoms. The predicted molar refractivity (Wildman–Crippen MR) is 105 cm³/mol. The fourth-order valence-corrected chi connectivity index (χ4v) is 3.33. The summed E-state index contributed by atoms with van der Waals surface area (Å²) in [6.07, 6.45) is 1.72. The molecule has 2 aromatic rings. The summed E-state index contributed by atoms with van der Waals surface area (Å²) in [4.78, 5) is 37.7. The van der Waals surface area contributed by atoms with E-state index in [0.29, 0.717) is 5.56 Å². The highest BCUT2D eigenvalue weighted by atomic mass is 19.1. The number of ether oxygens (including phenoxy) is 1. The van der Waals surface area contributed by atoms with Crippen molar-refractivity contribution in [2.75, 3.05) is 13.1 Å². The fraction of sp³-hybridized carbons (Fsp3) is 0.227. The second kappa shape index (κ2) is 9.30. The van der Waals surface area contributed by atoms with Gasteiger partial charge in [0.25, 0.3) is 0 Å². The molecule has 2 aromatic carbocycles. The standard InChI is InChI=1S/C22H20F2N2O4/c23-17-8-14(9-18(24)11-17)6-7-21(28)26-12-16(10-20(25)27)19(13-26)30-22(29)15-4-2-1-3-5-15/h1-9,11,16,19H,10,12-13H2,(H2,25,27)/b7-6+/t16-,19+/m0/s1. The molecule has 0 radical (unpaired) electrons. The number of hydrogen-bond donors (Lipinski definition) is 1. The Balaban J connectivity index is 1.69. The van der Waals surface area contributed by atoms with Crippen molar-refractivity contribution in [2.45, 2.75) is 12.5 Å². The van der Waals surface area contributed by atoms with Gasteiger partial charge in [-0.05, 0) is 35.9 Å². The SMILES string of the molecule is NC(=O)C[C@H]1CN(C(=O)/C=C/c2cc(F)cc(F)c2)C[C@H]1OC(=O)c1ccccc1. The molecular formula is C22H20F2N2O4. The maximum atomic E-state index is 13.3. The minimum absolute atomic E-state index is 0.0463. The van der Waals surface area contributed by atoms with Gasteiger partial charge in [0.15, 0.2) is 0 Å². The third kappa shape index (κ3) is 5.50. The van der Waals surface area contributed by atoms with E-state index in [1.165, 1.54) is 17.1 Å². The Bertz CT molecular complexity index is 958. The molecule has 0 spiro atoms. The van der Waals surface area contributed by atoms with Gasteiger partial charge in [0.05, 0.1) is 12.1 Å². The molecule has 0 unspecified atom stereocenters. The number of carbonyl (C=O) groups excluding carboxylic acids is 3. The zero-order valence-electron chi connectivity index (χ0n) is 16.0. The lowest BCUT2D eigenvalue weighted by molar-refractivity contribution is -0.125. The Morgan fingerprint density at radius 2 is 1.73 bits per heavy atom. The molecule has 8 heteroatoms. The third-order valence-electron chi connectivity index (χ3n) is 4.73. The van der Waals surface area contributed by atoms with Crippen molar-refractivity contribution in [3.8, 4) is 0 Å². The topological polar surface area (TPSA) is 89.7 Å². The average molecular weight is 414 g/mol. The van der Waals surface area contributed by atoms with E-state index in [1.54, 1.807) is 30.3 Å². The van der Waals surface area contributed by atoms with Gasteiger partial charge < -0.3 is 15.4 Å². The van der Waals surface area contributed by atoms with Gasteiger partial charge in [-0.2, -0.15) is 0 Å². The molecule has 156 valence electrons. The number of nitrogens with two attached hydrogens (primary N) is 1. The molecule has 1 aliphatic heterocycles. The van der Waals surface area contributed by atoms with E-state index >= 15 is 0 Å². The van der Waals surface area contributed by atoms with E-state index in [-0.39, 0.29) is 25.1 Å². The van der Waals surface area contributed by atoms with Crippen LogP contribution < -0.4 is 5.73 Å². The molecule has 2 atom stereocenters. The van der Waals surface area contributed by atoms with Gasteiger partial charge in [-0.25, -0.2) is 13.6 Å². The van der Waals surface area contributed by atoms with Crippen LogP contribution in [0.2, 0.25) is 0 Å². The van der Waals surface area contributed by atoms with Crippen LogP contribution in [0.3, 0.4) is 0 Å². The van der Waals surface area contributed by atoms with Crippen molar-refractivity contribution in [3.63, 3.8) is 0 Å². The van der Waals surface area contributed by atoms with Crippen molar-refractivity contribution >= 4 is 23.9 Å². The van der Waals surface area contributed by atoms with Gasteiger partial charge in [0.1, 0.15) is 17.7 Å². The second-order valence-electron chi connectivity index (χ2n) is 7.02. The highest BCUT2D eigenvalue weighted by Crippen LogP contribution is 2.25. The van der Waals surface area contributed by atoms with Crippen LogP contribution in [-0.2, 0) is 14.3 Å². The molecule has 1 saturated heterocycles. The summed E-state index contributed by atoms with van der Waals surface area (Å²) < 4.78 is 32.1. The molecule has 0 saturated carbocycles. The average Bonchev–Trinajstić information content (AvgIpc) is 3.07. The molecule has 1 aliphatic rings. The maximum Gasteiger partial charge on any atom is 0.338 e. The monoisotopic (exact) mass is 414 g/mol. The van der Waals surface area contributed by atoms with Crippen molar-refractivity contribution < 1.29 is 27.9 Å². The number of halogens is 2. The summed E-state index contributed by atoms with van der Waals surface area (Å²) in [7, 11) is 0. The van der Waals surface area contributed by atoms with Crippen LogP contribution in [0.5, 0.6) is 0 Å². The number of amides is 2. The Labute approximate surface area is 171 Å². The number of hydrogen-bond acceptors (Lipinski definition) is 4. The highest BCUT2D eigenvalue weighted by molar-refractivity contribution is 5.92. The zero-order valence-corrected chi connectivity index (χ0v) is 16.0. The van der Waals surface area contributed by atoms with Crippen molar-refractivity contribution in [2.24, 2.45) is 11.7 Å². The first-order valence-corrected chi connectivity index (χ1v) is 9.29. The second-order valence-corrected chi connectivity index (χ2v) is 7.02. The Morgan fingerprint density at radius 1 is 1.07 bits per heavy atom. The highest BCUT2D eigenvalue weighted by Gasteiger charge is 2.38. The normalized spacial score (nSPS) is 18.5. The van der Waals surface area contributed by atoms with Crippen LogP contribution in [-0.4, -0.2) is 41.9 Å². The molecule has 6 nitrogen and oxygen atoms in total. The van der Waals surface area contributed by atoms with E-state index < -0.39 is 41.4 Å². The van der Waals surface area contributed by atoms with Crippen molar-refractivity contribution in [1.82, 2.24) is 4.90 Å². The maximum absolute atomic E-state index is 13.3. The number of benzene rings is 2. The van der Waals surface area contributed by atoms with Gasteiger partial charge in [-0.15, -0.1) is 0 Å². The summed E-state index contributed by atoms with van der Waals surface area (Å²) in [6, 6.07) is 11.3. The number of rotatable bonds is 6. The van der Waals surface area contributed by atoms with Crippen molar-refractivity contribution in [1.29, 1.82) is 0 Å². The van der Waals surface area contributed by atoms with Gasteiger partial charge in [0, 0.05) is 31.0 Å². The first-order chi connectivity index (χ1) is 14.3. The van der Waals surface area contributed by atoms with Gasteiger partial charge >= 0.3 is 5.97 Å². The van der Waals surface area contributed by atoms with Gasteiger partial charge in [-0.3, -0.25) is 9.59 Å². The largest absolute Gasteiger partial charge is 0.457 e. The smallest absolute Gasteiger partial charge is 0.338 e. The van der Waals surface area contributed by atoms with Crippen LogP contribution in [0.25, 0.3) is 6.08 Å². The minimum atomic E-state index is -0.752. The molecule has 2 amide bonds. The summed E-state index contributed by atoms with van der Waals surface area (Å²) in [6.45, 7) is 0.244. The lowest BCUT2D eigenvalue weighted by Gasteiger charge is -2.17. The van der Waals surface area contributed by atoms with Crippen LogP contribution in [0.1, 0.15) is 22.3 Å². The third-order valence-corrected chi connectivity index (χ3v) is 4.73. The fourth-order valence-electron chi connectivity index (χ4n) is 3.33. The molecule has 0 bridgehead atoms. The number of nitrogens with zero attached hydrogens (tertiary/aromatic N) is 1. The molecule has 2 N–H and O–H groups in total. The van der Waals surface area contributed by atoms with Crippen LogP contribution in [0, 0.1) is 17.6 Å². The van der Waals surface area contributed by atoms with E-state index in [0.717, 1.165) is 18.2 Å².